The lowest BCUT2D eigenvalue weighted by Crippen LogP contribution is -2.35. The molecule has 0 bridgehead atoms. The molecule has 84 valence electrons. The second-order valence-corrected chi connectivity index (χ2v) is 3.91. The predicted octanol–water partition coefficient (Wildman–Crippen LogP) is 2.39. The van der Waals surface area contributed by atoms with Crippen LogP contribution in [0.1, 0.15) is 19.8 Å². The maximum atomic E-state index is 13.0. The van der Waals surface area contributed by atoms with Gasteiger partial charge in [0.05, 0.1) is 0 Å². The molecule has 0 radical (unpaired) electrons. The highest BCUT2D eigenvalue weighted by Gasteiger charge is 2.07. The van der Waals surface area contributed by atoms with Gasteiger partial charge in [-0.15, -0.1) is 0 Å². The van der Waals surface area contributed by atoms with Gasteiger partial charge in [-0.2, -0.15) is 0 Å². The summed E-state index contributed by atoms with van der Waals surface area (Å²) in [6.45, 7) is 2.87. The quantitative estimate of drug-likeness (QED) is 0.808. The molecule has 0 saturated carbocycles. The van der Waals surface area contributed by atoms with Crippen LogP contribution in [0.5, 0.6) is 0 Å². The average molecular weight is 210 g/mol. The lowest BCUT2D eigenvalue weighted by Gasteiger charge is -2.23. The number of rotatable bonds is 5. The Kier molecular flexibility index (Phi) is 4.56. The number of anilines is 1. The van der Waals surface area contributed by atoms with Crippen molar-refractivity contribution in [3.05, 3.63) is 30.1 Å². The average Bonchev–Trinajstić information content (AvgIpc) is 2.18. The van der Waals surface area contributed by atoms with Crippen molar-refractivity contribution in [3.63, 3.8) is 0 Å². The Hall–Kier alpha value is -1.09. The van der Waals surface area contributed by atoms with E-state index in [4.69, 9.17) is 5.73 Å². The smallest absolute Gasteiger partial charge is 0.125 e. The van der Waals surface area contributed by atoms with Crippen LogP contribution in [0, 0.1) is 5.82 Å². The number of benzene rings is 1. The van der Waals surface area contributed by atoms with E-state index in [1.807, 2.05) is 18.0 Å². The largest absolute Gasteiger partial charge is 0.373 e. The molecule has 1 atom stereocenters. The summed E-state index contributed by atoms with van der Waals surface area (Å²) in [5.41, 5.74) is 6.80. The van der Waals surface area contributed by atoms with Gasteiger partial charge in [-0.05, 0) is 24.6 Å². The van der Waals surface area contributed by atoms with E-state index in [0.29, 0.717) is 0 Å². The topological polar surface area (TPSA) is 29.3 Å². The first-order chi connectivity index (χ1) is 7.13. The Bertz CT molecular complexity index is 301. The Morgan fingerprint density at radius 1 is 1.47 bits per heavy atom. The van der Waals surface area contributed by atoms with Crippen molar-refractivity contribution >= 4 is 5.69 Å². The summed E-state index contributed by atoms with van der Waals surface area (Å²) in [5, 5.41) is 0. The van der Waals surface area contributed by atoms with Crippen LogP contribution in [0.4, 0.5) is 10.1 Å². The van der Waals surface area contributed by atoms with Crippen LogP contribution in [0.3, 0.4) is 0 Å². The van der Waals surface area contributed by atoms with Crippen molar-refractivity contribution in [1.82, 2.24) is 0 Å². The molecule has 15 heavy (non-hydrogen) atoms. The zero-order valence-electron chi connectivity index (χ0n) is 9.41. The number of hydrogen-bond donors (Lipinski definition) is 1. The summed E-state index contributed by atoms with van der Waals surface area (Å²) in [5.74, 6) is -0.205. The van der Waals surface area contributed by atoms with Gasteiger partial charge in [0.15, 0.2) is 0 Å². The van der Waals surface area contributed by atoms with Gasteiger partial charge < -0.3 is 10.6 Å². The standard InChI is InChI=1S/C12H19FN2/c1-3-5-11(14)9-15(2)12-7-4-6-10(13)8-12/h4,6-8,11H,3,5,9,14H2,1-2H3. The number of hydrogen-bond acceptors (Lipinski definition) is 2. The molecule has 1 rings (SSSR count). The van der Waals surface area contributed by atoms with Crippen molar-refractivity contribution in [2.45, 2.75) is 25.8 Å². The molecule has 3 heteroatoms. The first kappa shape index (κ1) is 12.0. The van der Waals surface area contributed by atoms with Gasteiger partial charge in [0, 0.05) is 25.3 Å². The molecule has 0 amide bonds. The van der Waals surface area contributed by atoms with Crippen molar-refractivity contribution < 1.29 is 4.39 Å². The summed E-state index contributed by atoms with van der Waals surface area (Å²) < 4.78 is 13.0. The van der Waals surface area contributed by atoms with Gasteiger partial charge in [0.1, 0.15) is 5.82 Å². The first-order valence-corrected chi connectivity index (χ1v) is 5.35. The minimum atomic E-state index is -0.205. The minimum absolute atomic E-state index is 0.156. The third kappa shape index (κ3) is 3.88. The third-order valence-electron chi connectivity index (χ3n) is 2.42. The molecular weight excluding hydrogens is 191 g/mol. The molecule has 1 aromatic rings. The zero-order chi connectivity index (χ0) is 11.3. The monoisotopic (exact) mass is 210 g/mol. The molecule has 2 N–H and O–H groups in total. The van der Waals surface area contributed by atoms with Crippen LogP contribution >= 0.6 is 0 Å². The van der Waals surface area contributed by atoms with Gasteiger partial charge in [0.2, 0.25) is 0 Å². The number of nitrogens with two attached hydrogens (primary N) is 1. The summed E-state index contributed by atoms with van der Waals surface area (Å²) >= 11 is 0. The molecule has 1 unspecified atom stereocenters. The maximum Gasteiger partial charge on any atom is 0.125 e. The maximum absolute atomic E-state index is 13.0. The molecule has 0 heterocycles. The van der Waals surface area contributed by atoms with E-state index in [1.54, 1.807) is 6.07 Å². The molecule has 0 aromatic heterocycles. The van der Waals surface area contributed by atoms with Crippen molar-refractivity contribution in [2.24, 2.45) is 5.73 Å². The first-order valence-electron chi connectivity index (χ1n) is 5.35. The highest BCUT2D eigenvalue weighted by molar-refractivity contribution is 5.45. The fourth-order valence-corrected chi connectivity index (χ4v) is 1.63. The van der Waals surface area contributed by atoms with E-state index in [9.17, 15) is 4.39 Å². The zero-order valence-corrected chi connectivity index (χ0v) is 9.41. The number of nitrogens with zero attached hydrogens (tertiary/aromatic N) is 1. The Labute approximate surface area is 90.9 Å². The minimum Gasteiger partial charge on any atom is -0.373 e. The number of likely N-dealkylation sites (N-methyl/N-ethyl adjacent to an activating group) is 1. The number of halogens is 1. The van der Waals surface area contributed by atoms with Crippen molar-refractivity contribution in [3.8, 4) is 0 Å². The van der Waals surface area contributed by atoms with Crippen LogP contribution in [0.15, 0.2) is 24.3 Å². The Morgan fingerprint density at radius 2 is 2.20 bits per heavy atom. The van der Waals surface area contributed by atoms with E-state index < -0.39 is 0 Å². The van der Waals surface area contributed by atoms with Crippen molar-refractivity contribution in [2.75, 3.05) is 18.5 Å². The molecule has 0 fully saturated rings. The third-order valence-corrected chi connectivity index (χ3v) is 2.42. The molecule has 0 aliphatic heterocycles. The van der Waals surface area contributed by atoms with Crippen LogP contribution in [-0.4, -0.2) is 19.6 Å². The van der Waals surface area contributed by atoms with Gasteiger partial charge in [-0.1, -0.05) is 19.4 Å². The van der Waals surface area contributed by atoms with Gasteiger partial charge in [-0.3, -0.25) is 0 Å². The highest BCUT2D eigenvalue weighted by atomic mass is 19.1. The molecule has 0 saturated heterocycles. The van der Waals surface area contributed by atoms with Gasteiger partial charge in [0.25, 0.3) is 0 Å². The lowest BCUT2D eigenvalue weighted by molar-refractivity contribution is 0.594. The SMILES string of the molecule is CCCC(N)CN(C)c1cccc(F)c1. The van der Waals surface area contributed by atoms with Gasteiger partial charge >= 0.3 is 0 Å². The fourth-order valence-electron chi connectivity index (χ4n) is 1.63. The molecule has 0 spiro atoms. The summed E-state index contributed by atoms with van der Waals surface area (Å²) in [7, 11) is 1.93. The normalized spacial score (nSPS) is 12.5. The van der Waals surface area contributed by atoms with E-state index in [0.717, 1.165) is 25.1 Å². The second-order valence-electron chi connectivity index (χ2n) is 3.91. The molecule has 1 aromatic carbocycles. The van der Waals surface area contributed by atoms with Crippen LogP contribution in [0.25, 0.3) is 0 Å². The highest BCUT2D eigenvalue weighted by Crippen LogP contribution is 2.14. The van der Waals surface area contributed by atoms with Crippen LogP contribution in [0.2, 0.25) is 0 Å². The van der Waals surface area contributed by atoms with E-state index in [-0.39, 0.29) is 11.9 Å². The Morgan fingerprint density at radius 3 is 2.80 bits per heavy atom. The van der Waals surface area contributed by atoms with Gasteiger partial charge in [-0.25, -0.2) is 4.39 Å². The molecule has 0 aliphatic carbocycles. The van der Waals surface area contributed by atoms with E-state index in [1.165, 1.54) is 12.1 Å². The molecule has 2 nitrogen and oxygen atoms in total. The Balaban J connectivity index is 2.56. The van der Waals surface area contributed by atoms with Crippen LogP contribution in [-0.2, 0) is 0 Å². The molecular formula is C12H19FN2. The van der Waals surface area contributed by atoms with E-state index in [2.05, 4.69) is 6.92 Å². The van der Waals surface area contributed by atoms with Crippen LogP contribution < -0.4 is 10.6 Å². The predicted molar refractivity (Wildman–Crippen MR) is 62.6 cm³/mol. The fraction of sp³-hybridized carbons (Fsp3) is 0.500. The summed E-state index contributed by atoms with van der Waals surface area (Å²) in [6.07, 6.45) is 2.08. The van der Waals surface area contributed by atoms with E-state index >= 15 is 0 Å². The summed E-state index contributed by atoms with van der Waals surface area (Å²) in [6, 6.07) is 6.74. The lowest BCUT2D eigenvalue weighted by atomic mass is 10.1. The van der Waals surface area contributed by atoms with Crippen molar-refractivity contribution in [1.29, 1.82) is 0 Å². The second kappa shape index (κ2) is 5.71. The molecule has 0 aliphatic rings. The summed E-state index contributed by atoms with van der Waals surface area (Å²) in [4.78, 5) is 1.99.